The monoisotopic (exact) mass is 864 g/mol. The zero-order valence-corrected chi connectivity index (χ0v) is 36.3. The van der Waals surface area contributed by atoms with Gasteiger partial charge in [0.25, 0.3) is 0 Å². The minimum Gasteiger partial charge on any atom is -0.388 e. The van der Waals surface area contributed by atoms with E-state index in [9.17, 15) is 29.4 Å². The number of aliphatic hydroxyl groups is 2. The van der Waals surface area contributed by atoms with E-state index in [2.05, 4.69) is 21.3 Å². The van der Waals surface area contributed by atoms with Gasteiger partial charge in [-0.15, -0.1) is 24.8 Å². The zero-order chi connectivity index (χ0) is 42.2. The van der Waals surface area contributed by atoms with E-state index >= 15 is 0 Å². The number of benzene rings is 4. The van der Waals surface area contributed by atoms with Crippen LogP contribution in [0.4, 0.5) is 0 Å². The van der Waals surface area contributed by atoms with Crippen LogP contribution in [-0.4, -0.2) is 82.3 Å². The SMILES string of the molecule is CC(C)[C@H](NC(=O)[C@@H](N)Cc1ccccc1)C(=O)N[C@@H](Cc1ccccc1)[C@H](O)[C@H](O)[C@H](Cc1ccccc1)NC(=O)[C@@H](NC(=O)[C@@H](N)Cc1ccccc1)C(C)C.Cl.Cl. The molecule has 0 heterocycles. The molecule has 8 atom stereocenters. The molecule has 60 heavy (non-hydrogen) atoms. The van der Waals surface area contributed by atoms with Crippen molar-refractivity contribution in [2.45, 2.75) is 102 Å². The van der Waals surface area contributed by atoms with Crippen molar-refractivity contribution >= 4 is 48.4 Å². The molecule has 0 saturated carbocycles. The van der Waals surface area contributed by atoms with Crippen LogP contribution in [0.1, 0.15) is 49.9 Å². The van der Waals surface area contributed by atoms with Crippen molar-refractivity contribution < 1.29 is 29.4 Å². The van der Waals surface area contributed by atoms with E-state index in [1.807, 2.05) is 121 Å². The number of rotatable bonds is 21. The van der Waals surface area contributed by atoms with Crippen LogP contribution in [-0.2, 0) is 44.9 Å². The number of aliphatic hydroxyl groups excluding tert-OH is 2. The second-order valence-electron chi connectivity index (χ2n) is 15.6. The summed E-state index contributed by atoms with van der Waals surface area (Å²) in [5.41, 5.74) is 15.8. The van der Waals surface area contributed by atoms with Crippen LogP contribution in [0.2, 0.25) is 0 Å². The maximum absolute atomic E-state index is 14.0. The van der Waals surface area contributed by atoms with Gasteiger partial charge in [-0.1, -0.05) is 149 Å². The summed E-state index contributed by atoms with van der Waals surface area (Å²) in [4.78, 5) is 54.6. The van der Waals surface area contributed by atoms with Crippen molar-refractivity contribution in [1.82, 2.24) is 21.3 Å². The average Bonchev–Trinajstić information content (AvgIpc) is 3.21. The fourth-order valence-corrected chi connectivity index (χ4v) is 6.78. The highest BCUT2D eigenvalue weighted by atomic mass is 35.5. The number of carbonyl (C=O) groups is 4. The van der Waals surface area contributed by atoms with Crippen molar-refractivity contribution in [3.63, 3.8) is 0 Å². The lowest BCUT2D eigenvalue weighted by Crippen LogP contribution is -2.62. The van der Waals surface area contributed by atoms with E-state index in [1.54, 1.807) is 27.7 Å². The highest BCUT2D eigenvalue weighted by Crippen LogP contribution is 2.17. The van der Waals surface area contributed by atoms with E-state index < -0.39 is 72.1 Å². The smallest absolute Gasteiger partial charge is 0.243 e. The summed E-state index contributed by atoms with van der Waals surface area (Å²) in [6.07, 6.45) is -2.42. The summed E-state index contributed by atoms with van der Waals surface area (Å²) in [6.45, 7) is 7.15. The first-order valence-electron chi connectivity index (χ1n) is 20.0. The molecular formula is C46H62Cl2N6O6. The zero-order valence-electron chi connectivity index (χ0n) is 34.6. The lowest BCUT2D eigenvalue weighted by atomic mass is 9.90. The Labute approximate surface area is 366 Å². The second kappa shape index (κ2) is 25.7. The van der Waals surface area contributed by atoms with Crippen LogP contribution in [0, 0.1) is 11.8 Å². The number of hydrogen-bond acceptors (Lipinski definition) is 8. The highest BCUT2D eigenvalue weighted by molar-refractivity contribution is 5.91. The Morgan fingerprint density at radius 1 is 0.433 bits per heavy atom. The van der Waals surface area contributed by atoms with Gasteiger partial charge in [0, 0.05) is 0 Å². The normalized spacial score (nSPS) is 15.0. The Balaban J connectivity index is 0.00000620. The first-order valence-corrected chi connectivity index (χ1v) is 20.0. The van der Waals surface area contributed by atoms with Gasteiger partial charge in [-0.25, -0.2) is 0 Å². The molecule has 10 N–H and O–H groups in total. The van der Waals surface area contributed by atoms with Gasteiger partial charge in [-0.3, -0.25) is 19.2 Å². The molecule has 4 amide bonds. The topological polar surface area (TPSA) is 209 Å². The molecule has 0 unspecified atom stereocenters. The summed E-state index contributed by atoms with van der Waals surface area (Å²) in [5.74, 6) is -2.86. The number of halogens is 2. The minimum atomic E-state index is -1.60. The van der Waals surface area contributed by atoms with Crippen LogP contribution in [0.3, 0.4) is 0 Å². The van der Waals surface area contributed by atoms with Crippen LogP contribution in [0.15, 0.2) is 121 Å². The molecule has 0 aromatic heterocycles. The van der Waals surface area contributed by atoms with Gasteiger partial charge in [0.05, 0.1) is 24.2 Å². The van der Waals surface area contributed by atoms with Gasteiger partial charge < -0.3 is 42.9 Å². The van der Waals surface area contributed by atoms with E-state index in [0.29, 0.717) is 0 Å². The fraction of sp³-hybridized carbons (Fsp3) is 0.391. The van der Waals surface area contributed by atoms with E-state index in [4.69, 9.17) is 11.5 Å². The molecule has 0 aliphatic heterocycles. The number of amides is 4. The molecule has 4 rings (SSSR count). The first kappa shape index (κ1) is 51.3. The first-order chi connectivity index (χ1) is 27.7. The summed E-state index contributed by atoms with van der Waals surface area (Å²) in [6, 6.07) is 31.0. The van der Waals surface area contributed by atoms with Crippen LogP contribution in [0.5, 0.6) is 0 Å². The second-order valence-corrected chi connectivity index (χ2v) is 15.6. The van der Waals surface area contributed by atoms with Crippen LogP contribution in [0.25, 0.3) is 0 Å². The van der Waals surface area contributed by atoms with Gasteiger partial charge in [-0.05, 0) is 59.8 Å². The summed E-state index contributed by atoms with van der Waals surface area (Å²) in [7, 11) is 0. The third kappa shape index (κ3) is 16.0. The molecule has 12 nitrogen and oxygen atoms in total. The van der Waals surface area contributed by atoms with Gasteiger partial charge in [0.15, 0.2) is 0 Å². The lowest BCUT2D eigenvalue weighted by molar-refractivity contribution is -0.133. The quantitative estimate of drug-likeness (QED) is 0.0621. The van der Waals surface area contributed by atoms with E-state index in [1.165, 1.54) is 0 Å². The van der Waals surface area contributed by atoms with Crippen LogP contribution >= 0.6 is 24.8 Å². The molecule has 0 fully saturated rings. The predicted molar refractivity (Wildman–Crippen MR) is 240 cm³/mol. The highest BCUT2D eigenvalue weighted by Gasteiger charge is 2.38. The maximum atomic E-state index is 14.0. The third-order valence-electron chi connectivity index (χ3n) is 10.2. The molecule has 0 bridgehead atoms. The fourth-order valence-electron chi connectivity index (χ4n) is 6.78. The van der Waals surface area contributed by atoms with Crippen molar-refractivity contribution in [2.75, 3.05) is 0 Å². The molecule has 0 aliphatic rings. The largest absolute Gasteiger partial charge is 0.388 e. The van der Waals surface area contributed by atoms with Crippen molar-refractivity contribution in [3.8, 4) is 0 Å². The van der Waals surface area contributed by atoms with Crippen molar-refractivity contribution in [1.29, 1.82) is 0 Å². The third-order valence-corrected chi connectivity index (χ3v) is 10.2. The van der Waals surface area contributed by atoms with Gasteiger partial charge >= 0.3 is 0 Å². The molecule has 0 saturated heterocycles. The number of hydrogen-bond donors (Lipinski definition) is 8. The number of carbonyl (C=O) groups excluding carboxylic acids is 4. The van der Waals surface area contributed by atoms with Crippen molar-refractivity contribution in [3.05, 3.63) is 144 Å². The molecule has 0 radical (unpaired) electrons. The summed E-state index contributed by atoms with van der Waals surface area (Å²) in [5, 5.41) is 35.4. The molecule has 0 spiro atoms. The van der Waals surface area contributed by atoms with E-state index in [-0.39, 0.29) is 62.3 Å². The van der Waals surface area contributed by atoms with Gasteiger partial charge in [0.2, 0.25) is 23.6 Å². The Hall–Kier alpha value is -4.82. The van der Waals surface area contributed by atoms with E-state index in [0.717, 1.165) is 22.3 Å². The Bertz CT molecular complexity index is 1740. The minimum absolute atomic E-state index is 0. The maximum Gasteiger partial charge on any atom is 0.243 e. The molecule has 14 heteroatoms. The molecule has 326 valence electrons. The van der Waals surface area contributed by atoms with Gasteiger partial charge in [0.1, 0.15) is 24.3 Å². The predicted octanol–water partition coefficient (Wildman–Crippen LogP) is 3.43. The Morgan fingerprint density at radius 2 is 0.683 bits per heavy atom. The molecular weight excluding hydrogens is 803 g/mol. The Morgan fingerprint density at radius 3 is 0.933 bits per heavy atom. The average molecular weight is 866 g/mol. The van der Waals surface area contributed by atoms with Crippen LogP contribution < -0.4 is 32.7 Å². The lowest BCUT2D eigenvalue weighted by Gasteiger charge is -2.35. The standard InChI is InChI=1S/C46H60N6O6.2ClH/c1-29(2)39(51-43(55)35(47)25-31-17-9-5-10-18-31)45(57)49-37(27-33-21-13-7-14-22-33)41(53)42(54)38(28-34-23-15-8-16-24-34)50-46(58)40(30(3)4)52-44(56)36(48)26-32-19-11-6-12-20-32;;/h5-24,29-30,35-42,53-54H,25-28,47-48H2,1-4H3,(H,49,57)(H,50,58)(H,51,55)(H,52,56);2*1H/t35-,36-,37-,38-,39-,40-,41-,42+;;/m0../s1. The molecule has 0 aliphatic carbocycles. The van der Waals surface area contributed by atoms with Gasteiger partial charge in [-0.2, -0.15) is 0 Å². The van der Waals surface area contributed by atoms with Crippen molar-refractivity contribution in [2.24, 2.45) is 23.3 Å². The Kier molecular flexibility index (Phi) is 22.0. The summed E-state index contributed by atoms with van der Waals surface area (Å²) >= 11 is 0. The number of nitrogens with two attached hydrogens (primary N) is 2. The number of nitrogens with one attached hydrogen (secondary N) is 4. The molecule has 4 aromatic rings. The molecule has 4 aromatic carbocycles. The summed E-state index contributed by atoms with van der Waals surface area (Å²) < 4.78 is 0.